The van der Waals surface area contributed by atoms with Crippen molar-refractivity contribution in [2.24, 2.45) is 0 Å². The number of aryl methyl sites for hydroxylation is 1. The van der Waals surface area contributed by atoms with Gasteiger partial charge in [0.1, 0.15) is 0 Å². The summed E-state index contributed by atoms with van der Waals surface area (Å²) in [7, 11) is 0. The fourth-order valence-electron chi connectivity index (χ4n) is 9.01. The molecule has 0 heterocycles. The van der Waals surface area contributed by atoms with Gasteiger partial charge in [0, 0.05) is 16.9 Å². The molecule has 0 amide bonds. The number of benzene rings is 9. The Morgan fingerprint density at radius 2 is 0.754 bits per heavy atom. The summed E-state index contributed by atoms with van der Waals surface area (Å²) in [6.45, 7) is 2.14. The first-order chi connectivity index (χ1) is 28.2. The normalized spacial score (nSPS) is 12.4. The molecule has 10 rings (SSSR count). The maximum absolute atomic E-state index is 2.48. The van der Waals surface area contributed by atoms with Gasteiger partial charge in [-0.1, -0.05) is 206 Å². The lowest BCUT2D eigenvalue weighted by molar-refractivity contribution is 0.768. The van der Waals surface area contributed by atoms with E-state index in [9.17, 15) is 0 Å². The molecule has 0 bridgehead atoms. The number of nitrogens with zero attached hydrogens (tertiary/aromatic N) is 1. The highest BCUT2D eigenvalue weighted by Gasteiger charge is 2.49. The third-order valence-electron chi connectivity index (χ3n) is 11.6. The fraction of sp³-hybridized carbons (Fsp3) is 0.0357. The molecular weight excluding hydrogens is 687 g/mol. The van der Waals surface area contributed by atoms with Crippen molar-refractivity contribution >= 4 is 17.1 Å². The molecule has 1 heteroatoms. The van der Waals surface area contributed by atoms with Crippen LogP contribution in [0.2, 0.25) is 0 Å². The lowest BCUT2D eigenvalue weighted by atomic mass is 9.67. The Morgan fingerprint density at radius 1 is 0.333 bits per heavy atom. The zero-order valence-electron chi connectivity index (χ0n) is 31.9. The molecule has 9 aromatic rings. The van der Waals surface area contributed by atoms with Crippen LogP contribution in [0.4, 0.5) is 17.1 Å². The van der Waals surface area contributed by atoms with Gasteiger partial charge in [0.2, 0.25) is 0 Å². The summed E-state index contributed by atoms with van der Waals surface area (Å²) in [6.07, 6.45) is 0. The molecule has 0 fully saturated rings. The first-order valence-electron chi connectivity index (χ1n) is 19.8. The van der Waals surface area contributed by atoms with Crippen LogP contribution in [0.15, 0.2) is 231 Å². The van der Waals surface area contributed by atoms with Gasteiger partial charge in [-0.25, -0.2) is 0 Å². The summed E-state index contributed by atoms with van der Waals surface area (Å²) in [5.74, 6) is 0. The number of hydrogen-bond acceptors (Lipinski definition) is 1. The second-order valence-corrected chi connectivity index (χ2v) is 14.9. The molecule has 0 aliphatic heterocycles. The molecule has 0 unspecified atom stereocenters. The summed E-state index contributed by atoms with van der Waals surface area (Å²) in [6, 6.07) is 84.5. The molecule has 0 spiro atoms. The minimum absolute atomic E-state index is 0.612. The summed E-state index contributed by atoms with van der Waals surface area (Å²) >= 11 is 0. The molecule has 1 nitrogen and oxygen atoms in total. The van der Waals surface area contributed by atoms with Crippen molar-refractivity contribution in [2.45, 2.75) is 12.3 Å². The van der Waals surface area contributed by atoms with E-state index in [1.165, 1.54) is 72.3 Å². The van der Waals surface area contributed by atoms with Crippen LogP contribution in [0.25, 0.3) is 44.5 Å². The average Bonchev–Trinajstić information content (AvgIpc) is 3.61. The van der Waals surface area contributed by atoms with Crippen LogP contribution in [0, 0.1) is 6.92 Å². The van der Waals surface area contributed by atoms with E-state index in [1.807, 2.05) is 0 Å². The summed E-state index contributed by atoms with van der Waals surface area (Å²) in [5, 5.41) is 0. The van der Waals surface area contributed by atoms with Crippen molar-refractivity contribution in [3.05, 3.63) is 258 Å². The number of anilines is 3. The second kappa shape index (κ2) is 14.5. The van der Waals surface area contributed by atoms with E-state index in [2.05, 4.69) is 242 Å². The minimum Gasteiger partial charge on any atom is -0.310 e. The average molecular weight is 728 g/mol. The summed E-state index contributed by atoms with van der Waals surface area (Å²) in [5.41, 5.74) is 18.8. The van der Waals surface area contributed by atoms with Crippen molar-refractivity contribution in [1.29, 1.82) is 0 Å². The maximum Gasteiger partial charge on any atom is 0.0734 e. The van der Waals surface area contributed by atoms with E-state index >= 15 is 0 Å². The summed E-state index contributed by atoms with van der Waals surface area (Å²) < 4.78 is 0. The molecule has 0 aromatic heterocycles. The van der Waals surface area contributed by atoms with Gasteiger partial charge < -0.3 is 4.90 Å². The van der Waals surface area contributed by atoms with Crippen molar-refractivity contribution in [3.63, 3.8) is 0 Å². The highest BCUT2D eigenvalue weighted by Crippen LogP contribution is 2.62. The van der Waals surface area contributed by atoms with Gasteiger partial charge in [0.25, 0.3) is 0 Å². The van der Waals surface area contributed by atoms with Crippen LogP contribution in [0.3, 0.4) is 0 Å². The quantitative estimate of drug-likeness (QED) is 0.151. The van der Waals surface area contributed by atoms with E-state index in [-0.39, 0.29) is 0 Å². The van der Waals surface area contributed by atoms with Gasteiger partial charge >= 0.3 is 0 Å². The van der Waals surface area contributed by atoms with Gasteiger partial charge in [-0.15, -0.1) is 0 Å². The molecule has 0 N–H and O–H groups in total. The largest absolute Gasteiger partial charge is 0.310 e. The highest BCUT2D eigenvalue weighted by atomic mass is 15.1. The van der Waals surface area contributed by atoms with Crippen molar-refractivity contribution in [3.8, 4) is 44.5 Å². The molecule has 9 aromatic carbocycles. The van der Waals surface area contributed by atoms with E-state index < -0.39 is 5.41 Å². The van der Waals surface area contributed by atoms with Crippen molar-refractivity contribution in [1.82, 2.24) is 0 Å². The van der Waals surface area contributed by atoms with E-state index in [0.717, 1.165) is 17.1 Å². The predicted octanol–water partition coefficient (Wildman–Crippen LogP) is 14.8. The number of rotatable bonds is 8. The molecule has 270 valence electrons. The van der Waals surface area contributed by atoms with E-state index in [1.54, 1.807) is 0 Å². The van der Waals surface area contributed by atoms with Crippen LogP contribution in [0.1, 0.15) is 27.8 Å². The van der Waals surface area contributed by atoms with Crippen LogP contribution < -0.4 is 4.90 Å². The first kappa shape index (κ1) is 34.3. The molecule has 1 aliphatic carbocycles. The molecule has 0 atom stereocenters. The Bertz CT molecular complexity index is 2750. The Hall–Kier alpha value is -7.22. The zero-order chi connectivity index (χ0) is 38.2. The molecular formula is C56H41N. The lowest BCUT2D eigenvalue weighted by Crippen LogP contribution is -2.30. The van der Waals surface area contributed by atoms with Crippen LogP contribution in [-0.4, -0.2) is 0 Å². The third kappa shape index (κ3) is 5.88. The molecule has 1 aliphatic rings. The van der Waals surface area contributed by atoms with Crippen LogP contribution in [0.5, 0.6) is 0 Å². The summed E-state index contributed by atoms with van der Waals surface area (Å²) in [4.78, 5) is 2.48. The van der Waals surface area contributed by atoms with Gasteiger partial charge in [-0.2, -0.15) is 0 Å². The Morgan fingerprint density at radius 3 is 1.28 bits per heavy atom. The van der Waals surface area contributed by atoms with Crippen molar-refractivity contribution in [2.75, 3.05) is 4.90 Å². The van der Waals surface area contributed by atoms with Crippen LogP contribution in [-0.2, 0) is 5.41 Å². The maximum atomic E-state index is 2.48. The number of fused-ring (bicyclic) bond motifs is 3. The van der Waals surface area contributed by atoms with Crippen LogP contribution >= 0.6 is 0 Å². The third-order valence-corrected chi connectivity index (χ3v) is 11.6. The second-order valence-electron chi connectivity index (χ2n) is 14.9. The monoisotopic (exact) mass is 727 g/mol. The Balaban J connectivity index is 1.29. The van der Waals surface area contributed by atoms with Crippen molar-refractivity contribution < 1.29 is 0 Å². The fourth-order valence-corrected chi connectivity index (χ4v) is 9.01. The lowest BCUT2D eigenvalue weighted by Gasteiger charge is -2.38. The number of hydrogen-bond donors (Lipinski definition) is 0. The zero-order valence-corrected chi connectivity index (χ0v) is 31.9. The molecule has 57 heavy (non-hydrogen) atoms. The topological polar surface area (TPSA) is 3.24 Å². The Kier molecular flexibility index (Phi) is 8.69. The molecule has 0 radical (unpaired) electrons. The Labute approximate surface area is 335 Å². The van der Waals surface area contributed by atoms with Gasteiger partial charge in [-0.05, 0) is 98.5 Å². The highest BCUT2D eigenvalue weighted by molar-refractivity contribution is 6.01. The first-order valence-corrected chi connectivity index (χ1v) is 19.8. The molecule has 0 saturated carbocycles. The smallest absolute Gasteiger partial charge is 0.0734 e. The SMILES string of the molecule is Cc1ccc(-c2ccc(N(c3ccc(-c4ccccc4)cc3)c3ccc(-c4ccccc4)c4c3C(c3ccccc3)(c3ccccc3)c3ccccc3-4)cc2)cc1. The van der Waals surface area contributed by atoms with Gasteiger partial charge in [0.15, 0.2) is 0 Å². The van der Waals surface area contributed by atoms with Gasteiger partial charge in [-0.3, -0.25) is 0 Å². The predicted molar refractivity (Wildman–Crippen MR) is 239 cm³/mol. The molecule has 0 saturated heterocycles. The standard InChI is InChI=1S/C56H41N/c1-40-26-28-42(29-27-40)44-32-36-49(37-33-44)57(48-34-30-43(31-35-48)41-16-6-2-7-17-41)53-39-38-50(45-18-8-3-9-19-45)54-51-24-14-15-25-52(51)56(55(53)54,46-20-10-4-11-21-46)47-22-12-5-13-23-47/h2-39H,1H3. The van der Waals surface area contributed by atoms with Gasteiger partial charge in [0.05, 0.1) is 11.1 Å². The minimum atomic E-state index is -0.612. The van der Waals surface area contributed by atoms with E-state index in [0.29, 0.717) is 0 Å². The van der Waals surface area contributed by atoms with E-state index in [4.69, 9.17) is 0 Å².